The van der Waals surface area contributed by atoms with Crippen LogP contribution < -0.4 is 9.08 Å². The highest BCUT2D eigenvalue weighted by Crippen LogP contribution is 2.17. The molecule has 1 heterocycles. The quantitative estimate of drug-likeness (QED) is 0.660. The number of nitrogens with zero attached hydrogens (tertiary/aromatic N) is 2. The van der Waals surface area contributed by atoms with E-state index in [1.165, 1.54) is 22.3 Å². The van der Waals surface area contributed by atoms with Crippen molar-refractivity contribution in [2.24, 2.45) is 0 Å². The maximum atomic E-state index is 13.7. The van der Waals surface area contributed by atoms with Gasteiger partial charge >= 0.3 is 0 Å². The normalized spacial score (nSPS) is 10.3. The van der Waals surface area contributed by atoms with Crippen molar-refractivity contribution in [3.05, 3.63) is 47.4 Å². The standard InChI is InChI=1S/C11H9BrFN3O2S/c12-14-11(17)7-2-1-3-9(13)8(7)6-18-10-4-5-16(19)15-10/h1-5,19H,6H2,(H,14,17). The molecule has 0 fully saturated rings. The molecule has 0 atom stereocenters. The van der Waals surface area contributed by atoms with Crippen LogP contribution in [0.1, 0.15) is 15.9 Å². The lowest BCUT2D eigenvalue weighted by molar-refractivity contribution is 0.0983. The molecule has 100 valence electrons. The summed E-state index contributed by atoms with van der Waals surface area (Å²) in [5.41, 5.74) is 0.357. The minimum absolute atomic E-state index is 0.104. The van der Waals surface area contributed by atoms with Crippen molar-refractivity contribution in [1.29, 1.82) is 0 Å². The number of rotatable bonds is 4. The molecule has 0 spiro atoms. The molecular weight excluding hydrogens is 337 g/mol. The Bertz CT molecular complexity index is 605. The first-order valence-corrected chi connectivity index (χ1v) is 6.37. The molecule has 1 aromatic heterocycles. The fourth-order valence-corrected chi connectivity index (χ4v) is 1.86. The molecular formula is C11H9BrFN3O2S. The molecule has 2 aromatic rings. The van der Waals surface area contributed by atoms with E-state index in [1.54, 1.807) is 12.3 Å². The second kappa shape index (κ2) is 6.07. The highest BCUT2D eigenvalue weighted by atomic mass is 79.9. The van der Waals surface area contributed by atoms with Crippen LogP contribution in [0.15, 0.2) is 30.5 Å². The largest absolute Gasteiger partial charge is 0.472 e. The van der Waals surface area contributed by atoms with Gasteiger partial charge in [0.05, 0.1) is 0 Å². The second-order valence-corrected chi connectivity index (χ2v) is 4.36. The number of amides is 1. The zero-order valence-electron chi connectivity index (χ0n) is 9.51. The fourth-order valence-electron chi connectivity index (χ4n) is 1.49. The average Bonchev–Trinajstić information content (AvgIpc) is 2.82. The smallest absolute Gasteiger partial charge is 0.261 e. The molecule has 1 amide bonds. The van der Waals surface area contributed by atoms with Gasteiger partial charge in [0.1, 0.15) is 12.4 Å². The van der Waals surface area contributed by atoms with E-state index in [1.807, 2.05) is 0 Å². The minimum atomic E-state index is -0.515. The third-order valence-corrected chi connectivity index (χ3v) is 2.95. The summed E-state index contributed by atoms with van der Waals surface area (Å²) in [5, 5.41) is 3.88. The van der Waals surface area contributed by atoms with Crippen LogP contribution in [0.4, 0.5) is 4.39 Å². The Morgan fingerprint density at radius 1 is 1.53 bits per heavy atom. The zero-order valence-corrected chi connectivity index (χ0v) is 12.0. The van der Waals surface area contributed by atoms with E-state index in [9.17, 15) is 9.18 Å². The fraction of sp³-hybridized carbons (Fsp3) is 0.0909. The Kier molecular flexibility index (Phi) is 4.43. The molecule has 0 aliphatic rings. The van der Waals surface area contributed by atoms with E-state index in [-0.39, 0.29) is 17.7 Å². The Morgan fingerprint density at radius 2 is 2.32 bits per heavy atom. The van der Waals surface area contributed by atoms with Crippen molar-refractivity contribution < 1.29 is 13.9 Å². The van der Waals surface area contributed by atoms with Gasteiger partial charge in [-0.25, -0.2) is 8.48 Å². The van der Waals surface area contributed by atoms with E-state index in [4.69, 9.17) is 4.74 Å². The number of thiol groups is 1. The molecule has 19 heavy (non-hydrogen) atoms. The number of nitrogens with one attached hydrogen (secondary N) is 1. The van der Waals surface area contributed by atoms with E-state index < -0.39 is 11.7 Å². The second-order valence-electron chi connectivity index (χ2n) is 3.55. The number of hydrogen-bond donors (Lipinski definition) is 2. The molecule has 1 aromatic carbocycles. The van der Waals surface area contributed by atoms with Crippen molar-refractivity contribution in [3.63, 3.8) is 0 Å². The van der Waals surface area contributed by atoms with Crippen molar-refractivity contribution >= 4 is 34.9 Å². The van der Waals surface area contributed by atoms with Crippen molar-refractivity contribution in [2.75, 3.05) is 0 Å². The maximum absolute atomic E-state index is 13.7. The highest BCUT2D eigenvalue weighted by molar-refractivity contribution is 9.08. The molecule has 0 saturated carbocycles. The van der Waals surface area contributed by atoms with Gasteiger partial charge in [-0.2, -0.15) is 0 Å². The Balaban J connectivity index is 2.21. The van der Waals surface area contributed by atoms with Gasteiger partial charge in [-0.3, -0.25) is 9.14 Å². The van der Waals surface area contributed by atoms with Gasteiger partial charge in [-0.1, -0.05) is 6.07 Å². The summed E-state index contributed by atoms with van der Waals surface area (Å²) in [4.78, 5) is 11.6. The van der Waals surface area contributed by atoms with Gasteiger partial charge in [-0.05, 0) is 24.9 Å². The molecule has 0 bridgehead atoms. The molecule has 5 nitrogen and oxygen atoms in total. The molecule has 0 unspecified atom stereocenters. The number of ether oxygens (including phenoxy) is 1. The lowest BCUT2D eigenvalue weighted by Gasteiger charge is -2.09. The van der Waals surface area contributed by atoms with Crippen LogP contribution in [-0.4, -0.2) is 15.1 Å². The summed E-state index contributed by atoms with van der Waals surface area (Å²) in [7, 11) is 0. The SMILES string of the molecule is O=C(NBr)c1cccc(F)c1COc1ccn(S)n1. The van der Waals surface area contributed by atoms with E-state index in [0.717, 1.165) is 0 Å². The number of carbonyl (C=O) groups is 1. The van der Waals surface area contributed by atoms with E-state index in [2.05, 4.69) is 38.4 Å². The summed E-state index contributed by atoms with van der Waals surface area (Å²) in [6, 6.07) is 5.81. The average molecular weight is 346 g/mol. The Hall–Kier alpha value is -1.54. The van der Waals surface area contributed by atoms with E-state index >= 15 is 0 Å². The predicted octanol–water partition coefficient (Wildman–Crippen LogP) is 2.33. The van der Waals surface area contributed by atoms with Crippen molar-refractivity contribution in [1.82, 2.24) is 13.5 Å². The van der Waals surface area contributed by atoms with Crippen LogP contribution in [0.5, 0.6) is 5.88 Å². The molecule has 0 saturated heterocycles. The van der Waals surface area contributed by atoms with Gasteiger partial charge in [0.2, 0.25) is 5.88 Å². The molecule has 1 N–H and O–H groups in total. The maximum Gasteiger partial charge on any atom is 0.261 e. The number of halogens is 2. The van der Waals surface area contributed by atoms with Crippen LogP contribution in [0, 0.1) is 5.82 Å². The van der Waals surface area contributed by atoms with Crippen LogP contribution in [0.3, 0.4) is 0 Å². The third kappa shape index (κ3) is 3.27. The van der Waals surface area contributed by atoms with Gasteiger partial charge in [-0.15, -0.1) is 5.10 Å². The number of hydrogen-bond acceptors (Lipinski definition) is 4. The van der Waals surface area contributed by atoms with Crippen LogP contribution in [-0.2, 0) is 6.61 Å². The van der Waals surface area contributed by atoms with Gasteiger partial charge in [0, 0.05) is 39.5 Å². The van der Waals surface area contributed by atoms with Crippen LogP contribution in [0.2, 0.25) is 0 Å². The predicted molar refractivity (Wildman–Crippen MR) is 73.7 cm³/mol. The number of aromatic nitrogens is 2. The Labute approximate surface area is 122 Å². The molecule has 2 rings (SSSR count). The van der Waals surface area contributed by atoms with Gasteiger partial charge in [0.25, 0.3) is 5.91 Å². The number of carbonyl (C=O) groups excluding carboxylic acids is 1. The summed E-state index contributed by atoms with van der Waals surface area (Å²) in [5.74, 6) is -0.666. The molecule has 0 aliphatic heterocycles. The first-order chi connectivity index (χ1) is 9.11. The van der Waals surface area contributed by atoms with Crippen molar-refractivity contribution in [2.45, 2.75) is 6.61 Å². The zero-order chi connectivity index (χ0) is 13.8. The summed E-state index contributed by atoms with van der Waals surface area (Å²) in [6.07, 6.45) is 1.58. The lowest BCUT2D eigenvalue weighted by atomic mass is 10.1. The summed E-state index contributed by atoms with van der Waals surface area (Å²) in [6.45, 7) is -0.104. The highest BCUT2D eigenvalue weighted by Gasteiger charge is 2.15. The first-order valence-electron chi connectivity index (χ1n) is 5.18. The first kappa shape index (κ1) is 13.9. The van der Waals surface area contributed by atoms with Crippen molar-refractivity contribution in [3.8, 4) is 5.88 Å². The Morgan fingerprint density at radius 3 is 2.95 bits per heavy atom. The third-order valence-electron chi connectivity index (χ3n) is 2.37. The summed E-state index contributed by atoms with van der Waals surface area (Å²) < 4.78 is 22.6. The van der Waals surface area contributed by atoms with E-state index in [0.29, 0.717) is 5.88 Å². The minimum Gasteiger partial charge on any atom is -0.472 e. The van der Waals surface area contributed by atoms with Gasteiger partial charge < -0.3 is 4.74 Å². The number of benzene rings is 1. The monoisotopic (exact) mass is 345 g/mol. The molecule has 0 radical (unpaired) electrons. The van der Waals surface area contributed by atoms with Gasteiger partial charge in [0.15, 0.2) is 0 Å². The van der Waals surface area contributed by atoms with Crippen LogP contribution >= 0.6 is 29.0 Å². The molecule has 0 aliphatic carbocycles. The molecule has 8 heteroatoms. The van der Waals surface area contributed by atoms with Crippen LogP contribution in [0.25, 0.3) is 0 Å². The topological polar surface area (TPSA) is 56.1 Å². The summed E-state index contributed by atoms with van der Waals surface area (Å²) >= 11 is 6.78. The lowest BCUT2D eigenvalue weighted by Crippen LogP contribution is -2.16.